The maximum absolute atomic E-state index is 13.3. The van der Waals surface area contributed by atoms with Crippen molar-refractivity contribution in [3.05, 3.63) is 83.0 Å². The molecule has 32 heavy (non-hydrogen) atoms. The van der Waals surface area contributed by atoms with E-state index in [-0.39, 0.29) is 24.6 Å². The summed E-state index contributed by atoms with van der Waals surface area (Å²) in [5.74, 6) is -0.875. The predicted octanol–water partition coefficient (Wildman–Crippen LogP) is 3.28. The van der Waals surface area contributed by atoms with Gasteiger partial charge in [0.1, 0.15) is 5.15 Å². The van der Waals surface area contributed by atoms with Gasteiger partial charge < -0.3 is 10.6 Å². The minimum absolute atomic E-state index is 0.0423. The fourth-order valence-electron chi connectivity index (χ4n) is 3.49. The lowest BCUT2D eigenvalue weighted by atomic mass is 10.1. The number of pyridine rings is 2. The van der Waals surface area contributed by atoms with Gasteiger partial charge in [0.05, 0.1) is 17.7 Å². The van der Waals surface area contributed by atoms with Gasteiger partial charge in [0.25, 0.3) is 5.91 Å². The predicted molar refractivity (Wildman–Crippen MR) is 122 cm³/mol. The minimum atomic E-state index is -0.699. The van der Waals surface area contributed by atoms with Crippen molar-refractivity contribution in [3.8, 4) is 0 Å². The molecule has 0 unspecified atom stereocenters. The van der Waals surface area contributed by atoms with Crippen LogP contribution < -0.4 is 10.6 Å². The van der Waals surface area contributed by atoms with Crippen LogP contribution in [0.25, 0.3) is 10.9 Å². The Hall–Kier alpha value is -3.78. The minimum Gasteiger partial charge on any atom is -0.364 e. The Labute approximate surface area is 189 Å². The van der Waals surface area contributed by atoms with E-state index in [0.29, 0.717) is 17.3 Å². The lowest BCUT2D eigenvalue weighted by molar-refractivity contribution is -0.118. The number of fused-ring (bicyclic) bond motifs is 1. The van der Waals surface area contributed by atoms with Crippen molar-refractivity contribution in [2.45, 2.75) is 19.4 Å². The number of hydrogen-bond acceptors (Lipinski definition) is 5. The molecule has 2 N–H and O–H groups in total. The van der Waals surface area contributed by atoms with Gasteiger partial charge in [-0.15, -0.1) is 0 Å². The first kappa shape index (κ1) is 21.5. The van der Waals surface area contributed by atoms with E-state index in [2.05, 4.69) is 15.1 Å². The maximum Gasteiger partial charge on any atom is 0.271 e. The molecule has 0 aliphatic rings. The van der Waals surface area contributed by atoms with Gasteiger partial charge in [-0.1, -0.05) is 29.8 Å². The Balaban J connectivity index is 1.67. The summed E-state index contributed by atoms with van der Waals surface area (Å²) in [6, 6.07) is 14.9. The molecule has 3 heterocycles. The highest BCUT2D eigenvalue weighted by Gasteiger charge is 2.24. The van der Waals surface area contributed by atoms with Gasteiger partial charge in [-0.2, -0.15) is 5.10 Å². The molecule has 8 nitrogen and oxygen atoms in total. The second-order valence-corrected chi connectivity index (χ2v) is 7.75. The number of carbonyl (C=O) groups excluding carboxylic acids is 2. The summed E-state index contributed by atoms with van der Waals surface area (Å²) < 4.78 is 1.47. The van der Waals surface area contributed by atoms with Gasteiger partial charge in [0.15, 0.2) is 5.69 Å². The highest BCUT2D eigenvalue weighted by Crippen LogP contribution is 2.24. The van der Waals surface area contributed by atoms with Crippen molar-refractivity contribution >= 4 is 40.0 Å². The Kier molecular flexibility index (Phi) is 6.13. The van der Waals surface area contributed by atoms with Crippen LogP contribution in [0.15, 0.2) is 60.9 Å². The third-order valence-electron chi connectivity index (χ3n) is 5.02. The van der Waals surface area contributed by atoms with E-state index < -0.39 is 5.91 Å². The van der Waals surface area contributed by atoms with Crippen LogP contribution in [0.4, 0.5) is 5.69 Å². The van der Waals surface area contributed by atoms with E-state index in [1.807, 2.05) is 42.5 Å². The quantitative estimate of drug-likeness (QED) is 0.436. The average molecular weight is 449 g/mol. The van der Waals surface area contributed by atoms with E-state index >= 15 is 0 Å². The van der Waals surface area contributed by atoms with Gasteiger partial charge >= 0.3 is 0 Å². The Bertz CT molecular complexity index is 1290. The number of nitrogens with zero attached hydrogens (tertiary/aromatic N) is 5. The van der Waals surface area contributed by atoms with Crippen molar-refractivity contribution in [1.29, 1.82) is 0 Å². The highest BCUT2D eigenvalue weighted by atomic mass is 35.5. The zero-order valence-electron chi connectivity index (χ0n) is 17.4. The van der Waals surface area contributed by atoms with Crippen molar-refractivity contribution < 1.29 is 9.59 Å². The molecule has 9 heteroatoms. The van der Waals surface area contributed by atoms with E-state index in [1.165, 1.54) is 9.58 Å². The second kappa shape index (κ2) is 9.15. The van der Waals surface area contributed by atoms with Crippen LogP contribution in [0.5, 0.6) is 0 Å². The van der Waals surface area contributed by atoms with Crippen LogP contribution in [-0.4, -0.2) is 31.6 Å². The van der Waals surface area contributed by atoms with Gasteiger partial charge in [0, 0.05) is 36.9 Å². The molecule has 0 saturated carbocycles. The van der Waals surface area contributed by atoms with Crippen LogP contribution >= 0.6 is 11.6 Å². The summed E-state index contributed by atoms with van der Waals surface area (Å²) in [6.45, 7) is 0.219. The zero-order valence-corrected chi connectivity index (χ0v) is 18.2. The normalized spacial score (nSPS) is 10.9. The Morgan fingerprint density at radius 2 is 1.97 bits per heavy atom. The fraction of sp³-hybridized carbons (Fsp3) is 0.174. The zero-order chi connectivity index (χ0) is 22.7. The van der Waals surface area contributed by atoms with E-state index in [0.717, 1.165) is 22.2 Å². The monoisotopic (exact) mass is 448 g/mol. The van der Waals surface area contributed by atoms with Gasteiger partial charge in [-0.05, 0) is 42.3 Å². The number of amides is 2. The van der Waals surface area contributed by atoms with Gasteiger partial charge in [-0.3, -0.25) is 19.3 Å². The third kappa shape index (κ3) is 4.76. The van der Waals surface area contributed by atoms with Gasteiger partial charge in [0.2, 0.25) is 5.91 Å². The SMILES string of the molecule is Cn1cc(N(Cc2ccc3ccc(Cl)nc3c2)C(=O)CCc2ccccn2)c(C(N)=O)n1. The Morgan fingerprint density at radius 3 is 2.72 bits per heavy atom. The summed E-state index contributed by atoms with van der Waals surface area (Å²) in [6.07, 6.45) is 3.99. The number of carbonyl (C=O) groups is 2. The van der Waals surface area contributed by atoms with E-state index in [9.17, 15) is 9.59 Å². The molecule has 0 aliphatic carbocycles. The number of halogens is 1. The molecule has 3 aromatic heterocycles. The summed E-state index contributed by atoms with van der Waals surface area (Å²) in [4.78, 5) is 35.4. The molecule has 0 fully saturated rings. The largest absolute Gasteiger partial charge is 0.364 e. The highest BCUT2D eigenvalue weighted by molar-refractivity contribution is 6.29. The molecule has 162 valence electrons. The molecular formula is C23H21ClN6O2. The maximum atomic E-state index is 13.3. The van der Waals surface area contributed by atoms with Crippen LogP contribution in [0.1, 0.15) is 28.2 Å². The van der Waals surface area contributed by atoms with E-state index in [1.54, 1.807) is 25.5 Å². The molecule has 0 saturated heterocycles. The topological polar surface area (TPSA) is 107 Å². The number of hydrogen-bond donors (Lipinski definition) is 1. The lowest BCUT2D eigenvalue weighted by Gasteiger charge is -2.22. The smallest absolute Gasteiger partial charge is 0.271 e. The fourth-order valence-corrected chi connectivity index (χ4v) is 3.65. The summed E-state index contributed by atoms with van der Waals surface area (Å²) in [5, 5.41) is 5.47. The molecule has 0 atom stereocenters. The third-order valence-corrected chi connectivity index (χ3v) is 5.23. The molecule has 0 radical (unpaired) electrons. The number of aryl methyl sites for hydroxylation is 2. The van der Waals surface area contributed by atoms with Crippen LogP contribution in [0, 0.1) is 0 Å². The first-order chi connectivity index (χ1) is 15.4. The standard InChI is InChI=1S/C23H21ClN6O2/c1-29-14-19(22(28-29)23(25)32)30(21(31)10-8-17-4-2-3-11-26-17)13-15-5-6-16-7-9-20(24)27-18(16)12-15/h2-7,9,11-12,14H,8,10,13H2,1H3,(H2,25,32). The first-order valence-corrected chi connectivity index (χ1v) is 10.4. The van der Waals surface area contributed by atoms with Crippen molar-refractivity contribution in [2.24, 2.45) is 12.8 Å². The molecule has 2 amide bonds. The van der Waals surface area contributed by atoms with Crippen molar-refractivity contribution in [3.63, 3.8) is 0 Å². The van der Waals surface area contributed by atoms with Gasteiger partial charge in [-0.25, -0.2) is 4.98 Å². The first-order valence-electron chi connectivity index (χ1n) is 9.99. The average Bonchev–Trinajstić information content (AvgIpc) is 3.18. The number of nitrogens with two attached hydrogens (primary N) is 1. The summed E-state index contributed by atoms with van der Waals surface area (Å²) in [5.41, 5.74) is 8.30. The van der Waals surface area contributed by atoms with Crippen LogP contribution in [-0.2, 0) is 24.8 Å². The lowest BCUT2D eigenvalue weighted by Crippen LogP contribution is -2.32. The number of aromatic nitrogens is 4. The molecule has 4 aromatic rings. The summed E-state index contributed by atoms with van der Waals surface area (Å²) in [7, 11) is 1.68. The molecular weight excluding hydrogens is 428 g/mol. The molecule has 0 aliphatic heterocycles. The number of benzene rings is 1. The molecule has 0 spiro atoms. The number of rotatable bonds is 7. The summed E-state index contributed by atoms with van der Waals surface area (Å²) >= 11 is 6.04. The van der Waals surface area contributed by atoms with E-state index in [4.69, 9.17) is 17.3 Å². The van der Waals surface area contributed by atoms with Crippen LogP contribution in [0.2, 0.25) is 5.15 Å². The van der Waals surface area contributed by atoms with Crippen LogP contribution in [0.3, 0.4) is 0 Å². The molecule has 0 bridgehead atoms. The number of primary amides is 1. The Morgan fingerprint density at radius 1 is 1.16 bits per heavy atom. The second-order valence-electron chi connectivity index (χ2n) is 7.36. The molecule has 4 rings (SSSR count). The number of anilines is 1. The van der Waals surface area contributed by atoms with Crippen molar-refractivity contribution in [1.82, 2.24) is 19.7 Å². The molecule has 1 aromatic carbocycles. The van der Waals surface area contributed by atoms with Crippen molar-refractivity contribution in [2.75, 3.05) is 4.90 Å².